The summed E-state index contributed by atoms with van der Waals surface area (Å²) in [6.07, 6.45) is 7.81. The Morgan fingerprint density at radius 1 is 1.02 bits per heavy atom. The van der Waals surface area contributed by atoms with Crippen molar-refractivity contribution in [2.24, 2.45) is 7.05 Å². The zero-order chi connectivity index (χ0) is 34.7. The second-order valence-corrected chi connectivity index (χ2v) is 12.8. The van der Waals surface area contributed by atoms with Crippen LogP contribution in [0.5, 0.6) is 0 Å². The van der Waals surface area contributed by atoms with Gasteiger partial charge in [0.25, 0.3) is 11.1 Å². The number of aliphatic hydroxyl groups excluding tert-OH is 1. The summed E-state index contributed by atoms with van der Waals surface area (Å²) in [7, 11) is 1.62. The van der Waals surface area contributed by atoms with Gasteiger partial charge < -0.3 is 29.0 Å². The van der Waals surface area contributed by atoms with Crippen molar-refractivity contribution in [1.82, 2.24) is 28.4 Å². The molecule has 2 aliphatic heterocycles. The number of ether oxygens (including phenoxy) is 1. The van der Waals surface area contributed by atoms with E-state index in [-0.39, 0.29) is 33.5 Å². The van der Waals surface area contributed by atoms with Crippen molar-refractivity contribution < 1.29 is 18.6 Å². The molecule has 12 nitrogen and oxygen atoms in total. The predicted molar refractivity (Wildman–Crippen MR) is 185 cm³/mol. The Hall–Kier alpha value is -5.44. The van der Waals surface area contributed by atoms with E-state index < -0.39 is 23.8 Å². The van der Waals surface area contributed by atoms with Gasteiger partial charge in [-0.1, -0.05) is 0 Å². The number of aryl methyl sites for hydroxylation is 1. The summed E-state index contributed by atoms with van der Waals surface area (Å²) in [4.78, 5) is 40.7. The Bertz CT molecular complexity index is 2390. The lowest BCUT2D eigenvalue weighted by Gasteiger charge is -2.47. The minimum Gasteiger partial charge on any atom is -0.392 e. The van der Waals surface area contributed by atoms with Gasteiger partial charge in [0.05, 0.1) is 43.3 Å². The molecule has 2 saturated heterocycles. The minimum absolute atomic E-state index is 0.0223. The number of benzene rings is 1. The fourth-order valence-electron chi connectivity index (χ4n) is 7.09. The van der Waals surface area contributed by atoms with Crippen LogP contribution in [0.4, 0.5) is 26.0 Å². The van der Waals surface area contributed by atoms with Crippen LogP contribution in [-0.2, 0) is 18.4 Å². The molecular weight excluding hydrogens is 646 g/mol. The topological polar surface area (TPSA) is 122 Å². The molecule has 256 valence electrons. The van der Waals surface area contributed by atoms with Gasteiger partial charge in [-0.05, 0) is 55.0 Å². The van der Waals surface area contributed by atoms with Crippen LogP contribution in [0, 0.1) is 11.6 Å². The number of hydrogen-bond acceptors (Lipinski definition) is 9. The lowest BCUT2D eigenvalue weighted by Crippen LogP contribution is -2.60. The van der Waals surface area contributed by atoms with E-state index in [1.54, 1.807) is 31.6 Å². The van der Waals surface area contributed by atoms with Crippen molar-refractivity contribution in [3.8, 4) is 16.9 Å². The summed E-state index contributed by atoms with van der Waals surface area (Å²) >= 11 is 0. The summed E-state index contributed by atoms with van der Waals surface area (Å²) in [5.74, 6) is -0.902. The Morgan fingerprint density at radius 3 is 2.58 bits per heavy atom. The molecule has 14 heteroatoms. The van der Waals surface area contributed by atoms with E-state index in [1.807, 2.05) is 12.1 Å². The van der Waals surface area contributed by atoms with Crippen molar-refractivity contribution >= 4 is 33.6 Å². The highest BCUT2D eigenvalue weighted by Crippen LogP contribution is 2.30. The van der Waals surface area contributed by atoms with Crippen LogP contribution >= 0.6 is 0 Å². The SMILES string of the molecule is C[C@@H]1CN(c2ccc(Nc3cc(-c4ccnc(-n5ccn6c(c(F)c7cc(F)ccc76)c5=O)c4CO)cn(C)c3=O)nc2)CCN1C1COC1. The molecule has 0 amide bonds. The Morgan fingerprint density at radius 2 is 1.86 bits per heavy atom. The number of piperazine rings is 1. The van der Waals surface area contributed by atoms with Crippen molar-refractivity contribution in [2.45, 2.75) is 25.6 Å². The number of rotatable bonds is 7. The molecule has 0 radical (unpaired) electrons. The van der Waals surface area contributed by atoms with Crippen LogP contribution in [0.3, 0.4) is 0 Å². The first kappa shape index (κ1) is 31.8. The largest absolute Gasteiger partial charge is 0.392 e. The minimum atomic E-state index is -0.854. The number of aromatic nitrogens is 5. The second kappa shape index (κ2) is 12.5. The number of aliphatic hydroxyl groups is 1. The summed E-state index contributed by atoms with van der Waals surface area (Å²) in [5.41, 5.74) is 1.65. The van der Waals surface area contributed by atoms with Crippen LogP contribution in [0.15, 0.2) is 83.0 Å². The van der Waals surface area contributed by atoms with E-state index in [9.17, 15) is 19.1 Å². The first-order valence-corrected chi connectivity index (χ1v) is 16.3. The second-order valence-electron chi connectivity index (χ2n) is 12.8. The molecule has 2 N–H and O–H groups in total. The highest BCUT2D eigenvalue weighted by molar-refractivity contribution is 5.88. The van der Waals surface area contributed by atoms with Gasteiger partial charge in [0.2, 0.25) is 0 Å². The first-order valence-electron chi connectivity index (χ1n) is 16.3. The monoisotopic (exact) mass is 680 g/mol. The molecule has 5 aromatic heterocycles. The summed E-state index contributed by atoms with van der Waals surface area (Å²) in [6, 6.07) is 11.7. The third-order valence-electron chi connectivity index (χ3n) is 9.75. The Kier molecular flexibility index (Phi) is 7.93. The maximum Gasteiger partial charge on any atom is 0.283 e. The summed E-state index contributed by atoms with van der Waals surface area (Å²) < 4.78 is 38.7. The molecule has 1 aromatic carbocycles. The molecule has 0 bridgehead atoms. The molecular formula is C36H34F2N8O4. The third kappa shape index (κ3) is 5.32. The van der Waals surface area contributed by atoms with E-state index >= 15 is 4.39 Å². The zero-order valence-electron chi connectivity index (χ0n) is 27.4. The van der Waals surface area contributed by atoms with Gasteiger partial charge in [0.1, 0.15) is 28.7 Å². The average molecular weight is 681 g/mol. The highest BCUT2D eigenvalue weighted by Gasteiger charge is 2.33. The predicted octanol–water partition coefficient (Wildman–Crippen LogP) is 3.82. The lowest BCUT2D eigenvalue weighted by molar-refractivity contribution is -0.0792. The van der Waals surface area contributed by atoms with Crippen LogP contribution in [0.25, 0.3) is 33.4 Å². The number of anilines is 3. The standard InChI is InChI=1S/C36H34F2N8O4/c1-21-16-43(9-10-44(21)25-19-50-20-25)24-4-6-31(40-15-24)41-29-13-22(17-42(2)35(29)48)26-7-8-39-34(28(26)18-47)46-12-11-45-30-5-3-23(37)14-27(30)32(38)33(45)36(46)49/h3-8,11-15,17,21,25,47H,9-10,16,18-20H2,1-2H3,(H,40,41)/t21-/m1/s1. The molecule has 7 heterocycles. The van der Waals surface area contributed by atoms with E-state index in [1.165, 1.54) is 39.7 Å². The Balaban J connectivity index is 1.10. The molecule has 0 unspecified atom stereocenters. The summed E-state index contributed by atoms with van der Waals surface area (Å²) in [6.45, 7) is 6.03. The van der Waals surface area contributed by atoms with E-state index in [2.05, 4.69) is 32.0 Å². The van der Waals surface area contributed by atoms with Crippen molar-refractivity contribution in [1.29, 1.82) is 0 Å². The van der Waals surface area contributed by atoms with Gasteiger partial charge in [-0.15, -0.1) is 0 Å². The number of pyridine rings is 3. The third-order valence-corrected chi connectivity index (χ3v) is 9.75. The van der Waals surface area contributed by atoms with Gasteiger partial charge in [0, 0.05) is 74.0 Å². The van der Waals surface area contributed by atoms with Gasteiger partial charge in [0.15, 0.2) is 5.82 Å². The van der Waals surface area contributed by atoms with Crippen molar-refractivity contribution in [2.75, 3.05) is 43.1 Å². The van der Waals surface area contributed by atoms with Gasteiger partial charge in [-0.25, -0.2) is 18.7 Å². The molecule has 2 fully saturated rings. The van der Waals surface area contributed by atoms with E-state index in [0.717, 1.165) is 49.2 Å². The van der Waals surface area contributed by atoms with Crippen LogP contribution in [0.1, 0.15) is 12.5 Å². The fourth-order valence-corrected chi connectivity index (χ4v) is 7.09. The normalized spacial score (nSPS) is 17.1. The van der Waals surface area contributed by atoms with E-state index in [0.29, 0.717) is 34.5 Å². The lowest BCUT2D eigenvalue weighted by atomic mass is 10.0. The first-order chi connectivity index (χ1) is 24.2. The molecule has 1 atom stereocenters. The molecule has 0 aliphatic carbocycles. The van der Waals surface area contributed by atoms with Crippen LogP contribution in [0.2, 0.25) is 0 Å². The maximum atomic E-state index is 15.5. The van der Waals surface area contributed by atoms with Crippen molar-refractivity contribution in [3.63, 3.8) is 0 Å². The maximum absolute atomic E-state index is 15.5. The van der Waals surface area contributed by atoms with Gasteiger partial charge in [-0.3, -0.25) is 19.1 Å². The molecule has 6 aromatic rings. The van der Waals surface area contributed by atoms with Gasteiger partial charge in [-0.2, -0.15) is 0 Å². The molecule has 0 saturated carbocycles. The molecule has 2 aliphatic rings. The van der Waals surface area contributed by atoms with E-state index in [4.69, 9.17) is 4.74 Å². The number of nitrogens with one attached hydrogen (secondary N) is 1. The number of fused-ring (bicyclic) bond motifs is 3. The number of hydrogen-bond donors (Lipinski definition) is 2. The van der Waals surface area contributed by atoms with Gasteiger partial charge >= 0.3 is 0 Å². The number of halogens is 2. The molecule has 8 rings (SSSR count). The quantitative estimate of drug-likeness (QED) is 0.259. The summed E-state index contributed by atoms with van der Waals surface area (Å²) in [5, 5.41) is 13.7. The van der Waals surface area contributed by atoms with Crippen molar-refractivity contribution in [3.05, 3.63) is 111 Å². The number of nitrogens with zero attached hydrogens (tertiary/aromatic N) is 7. The van der Waals surface area contributed by atoms with Crippen LogP contribution < -0.4 is 21.3 Å². The highest BCUT2D eigenvalue weighted by atomic mass is 19.1. The Labute approximate surface area is 284 Å². The molecule has 50 heavy (non-hydrogen) atoms. The average Bonchev–Trinajstić information content (AvgIpc) is 3.38. The van der Waals surface area contributed by atoms with Crippen LogP contribution in [-0.4, -0.2) is 78.4 Å². The molecule has 0 spiro atoms. The zero-order valence-corrected chi connectivity index (χ0v) is 27.4. The smallest absolute Gasteiger partial charge is 0.283 e. The fraction of sp³-hybridized carbons (Fsp3) is 0.278.